The van der Waals surface area contributed by atoms with Crippen LogP contribution in [0.15, 0.2) is 71.3 Å². The van der Waals surface area contributed by atoms with Gasteiger partial charge in [-0.2, -0.15) is 0 Å². The molecule has 0 saturated heterocycles. The molecule has 0 fully saturated rings. The van der Waals surface area contributed by atoms with Crippen LogP contribution in [-0.2, 0) is 16.1 Å². The summed E-state index contributed by atoms with van der Waals surface area (Å²) in [5.41, 5.74) is 4.74. The van der Waals surface area contributed by atoms with Crippen molar-refractivity contribution in [2.75, 3.05) is 7.11 Å². The lowest BCUT2D eigenvalue weighted by Crippen LogP contribution is -2.26. The van der Waals surface area contributed by atoms with Gasteiger partial charge in [0.05, 0.1) is 18.7 Å². The zero-order valence-corrected chi connectivity index (χ0v) is 17.7. The topological polar surface area (TPSA) is 56.8 Å². The maximum atomic E-state index is 11.8. The van der Waals surface area contributed by atoms with E-state index in [4.69, 9.17) is 25.8 Å². The van der Waals surface area contributed by atoms with Gasteiger partial charge in [-0.1, -0.05) is 41.9 Å². The number of dihydropyridines is 1. The van der Waals surface area contributed by atoms with Gasteiger partial charge in [-0.15, -0.1) is 0 Å². The summed E-state index contributed by atoms with van der Waals surface area (Å²) >= 11 is 5.96. The monoisotopic (exact) mass is 413 g/mol. The molecule has 0 bridgehead atoms. The summed E-state index contributed by atoms with van der Waals surface area (Å²) in [6, 6.07) is 15.3. The van der Waals surface area contributed by atoms with Crippen molar-refractivity contribution in [2.24, 2.45) is 0 Å². The Hall–Kier alpha value is -2.92. The Balaban J connectivity index is 1.95. The zero-order valence-electron chi connectivity index (χ0n) is 16.9. The minimum atomic E-state index is -0.752. The van der Waals surface area contributed by atoms with Crippen LogP contribution < -0.4 is 10.1 Å². The maximum Gasteiger partial charge on any atom is 0.513 e. The molecule has 1 heterocycles. The van der Waals surface area contributed by atoms with Gasteiger partial charge in [0.25, 0.3) is 0 Å². The van der Waals surface area contributed by atoms with Crippen LogP contribution >= 0.6 is 11.6 Å². The van der Waals surface area contributed by atoms with Gasteiger partial charge in [-0.25, -0.2) is 4.79 Å². The van der Waals surface area contributed by atoms with Gasteiger partial charge in [-0.3, -0.25) is 0 Å². The van der Waals surface area contributed by atoms with E-state index in [2.05, 4.69) is 5.32 Å². The first kappa shape index (κ1) is 20.8. The molecular formula is C23H24ClNO4. The highest BCUT2D eigenvalue weighted by molar-refractivity contribution is 6.30. The first-order valence-corrected chi connectivity index (χ1v) is 9.65. The van der Waals surface area contributed by atoms with E-state index in [1.54, 1.807) is 0 Å². The molecule has 0 aliphatic carbocycles. The molecule has 29 heavy (non-hydrogen) atoms. The molecule has 6 heteroatoms. The average molecular weight is 414 g/mol. The molecule has 152 valence electrons. The predicted molar refractivity (Wildman–Crippen MR) is 113 cm³/mol. The minimum absolute atomic E-state index is 0.267. The number of carbonyl (C=O) groups is 1. The number of para-hydroxylation sites is 1. The molecule has 1 atom stereocenters. The SMILES string of the molecule is COC(=O)OC1=C(C)NC(C)=C(C)C1c1ccccc1OCc1ccc(Cl)cc1. The quantitative estimate of drug-likeness (QED) is 0.617. The van der Waals surface area contributed by atoms with Crippen LogP contribution in [0, 0.1) is 0 Å². The van der Waals surface area contributed by atoms with E-state index in [1.807, 2.05) is 69.3 Å². The van der Waals surface area contributed by atoms with E-state index < -0.39 is 6.16 Å². The molecule has 1 aliphatic rings. The van der Waals surface area contributed by atoms with Crippen LogP contribution in [0.4, 0.5) is 4.79 Å². The number of ether oxygens (including phenoxy) is 3. The Labute approximate surface area is 175 Å². The van der Waals surface area contributed by atoms with Crippen molar-refractivity contribution in [3.63, 3.8) is 0 Å². The lowest BCUT2D eigenvalue weighted by Gasteiger charge is -2.30. The summed E-state index contributed by atoms with van der Waals surface area (Å²) in [7, 11) is 1.29. The summed E-state index contributed by atoms with van der Waals surface area (Å²) in [6.07, 6.45) is -0.752. The Morgan fingerprint density at radius 2 is 1.72 bits per heavy atom. The van der Waals surface area contributed by atoms with Crippen LogP contribution in [0.3, 0.4) is 0 Å². The fraction of sp³-hybridized carbons (Fsp3) is 0.261. The van der Waals surface area contributed by atoms with Crippen molar-refractivity contribution in [1.29, 1.82) is 0 Å². The molecule has 1 unspecified atom stereocenters. The average Bonchev–Trinajstić information content (AvgIpc) is 2.72. The molecule has 1 N–H and O–H groups in total. The number of halogens is 1. The van der Waals surface area contributed by atoms with E-state index >= 15 is 0 Å². The first-order valence-electron chi connectivity index (χ1n) is 9.27. The number of hydrogen-bond acceptors (Lipinski definition) is 5. The highest BCUT2D eigenvalue weighted by Gasteiger charge is 2.32. The molecule has 0 amide bonds. The number of allylic oxidation sites excluding steroid dienone is 3. The second-order valence-electron chi connectivity index (χ2n) is 6.86. The number of nitrogens with one attached hydrogen (secondary N) is 1. The molecular weight excluding hydrogens is 390 g/mol. The minimum Gasteiger partial charge on any atom is -0.489 e. The van der Waals surface area contributed by atoms with Crippen molar-refractivity contribution in [1.82, 2.24) is 5.32 Å². The van der Waals surface area contributed by atoms with Gasteiger partial charge in [0.15, 0.2) is 0 Å². The van der Waals surface area contributed by atoms with Crippen LogP contribution in [0.25, 0.3) is 0 Å². The van der Waals surface area contributed by atoms with Crippen molar-refractivity contribution in [2.45, 2.75) is 33.3 Å². The zero-order chi connectivity index (χ0) is 21.0. The summed E-state index contributed by atoms with van der Waals surface area (Å²) in [5, 5.41) is 3.95. The molecule has 0 radical (unpaired) electrons. The van der Waals surface area contributed by atoms with E-state index in [-0.39, 0.29) is 5.92 Å². The summed E-state index contributed by atoms with van der Waals surface area (Å²) < 4.78 is 16.4. The van der Waals surface area contributed by atoms with Gasteiger partial charge >= 0.3 is 6.16 Å². The second kappa shape index (κ2) is 9.05. The van der Waals surface area contributed by atoms with E-state index in [0.29, 0.717) is 17.4 Å². The van der Waals surface area contributed by atoms with E-state index in [0.717, 1.165) is 33.8 Å². The standard InChI is InChI=1S/C23H24ClNO4/c1-14-15(2)25-16(3)22(29-23(26)27-4)21(14)19-7-5-6-8-20(19)28-13-17-9-11-18(24)12-10-17/h5-12,21,25H,13H2,1-4H3. The van der Waals surface area contributed by atoms with Gasteiger partial charge in [0, 0.05) is 16.3 Å². The highest BCUT2D eigenvalue weighted by Crippen LogP contribution is 2.42. The van der Waals surface area contributed by atoms with Gasteiger partial charge in [0.1, 0.15) is 18.1 Å². The van der Waals surface area contributed by atoms with Gasteiger partial charge in [0.2, 0.25) is 0 Å². The molecule has 2 aromatic carbocycles. The molecule has 3 rings (SSSR count). The molecule has 0 aromatic heterocycles. The van der Waals surface area contributed by atoms with Crippen LogP contribution in [-0.4, -0.2) is 13.3 Å². The van der Waals surface area contributed by atoms with Crippen molar-refractivity contribution in [3.05, 3.63) is 87.4 Å². The number of benzene rings is 2. The fourth-order valence-corrected chi connectivity index (χ4v) is 3.43. The number of methoxy groups -OCH3 is 1. The molecule has 5 nitrogen and oxygen atoms in total. The lowest BCUT2D eigenvalue weighted by molar-refractivity contribution is 0.0919. The third kappa shape index (κ3) is 4.74. The Kier molecular flexibility index (Phi) is 6.49. The Morgan fingerprint density at radius 3 is 2.41 bits per heavy atom. The van der Waals surface area contributed by atoms with Crippen LogP contribution in [0.1, 0.15) is 37.8 Å². The van der Waals surface area contributed by atoms with Crippen molar-refractivity contribution < 1.29 is 19.0 Å². The highest BCUT2D eigenvalue weighted by atomic mass is 35.5. The molecule has 0 spiro atoms. The van der Waals surface area contributed by atoms with Gasteiger partial charge < -0.3 is 19.5 Å². The van der Waals surface area contributed by atoms with Crippen molar-refractivity contribution in [3.8, 4) is 5.75 Å². The largest absolute Gasteiger partial charge is 0.513 e. The predicted octanol–water partition coefficient (Wildman–Crippen LogP) is 5.91. The fourth-order valence-electron chi connectivity index (χ4n) is 3.30. The van der Waals surface area contributed by atoms with Crippen LogP contribution in [0.2, 0.25) is 5.02 Å². The third-order valence-electron chi connectivity index (χ3n) is 4.93. The molecule has 2 aromatic rings. The van der Waals surface area contributed by atoms with Crippen molar-refractivity contribution >= 4 is 17.8 Å². The normalized spacial score (nSPS) is 16.4. The second-order valence-corrected chi connectivity index (χ2v) is 7.30. The van der Waals surface area contributed by atoms with Crippen LogP contribution in [0.5, 0.6) is 5.75 Å². The summed E-state index contributed by atoms with van der Waals surface area (Å²) in [4.78, 5) is 11.8. The van der Waals surface area contributed by atoms with E-state index in [9.17, 15) is 4.79 Å². The van der Waals surface area contributed by atoms with Gasteiger partial charge in [-0.05, 0) is 50.1 Å². The summed E-state index contributed by atoms with van der Waals surface area (Å²) in [5.74, 6) is 0.958. The molecule has 1 aliphatic heterocycles. The Bertz CT molecular complexity index is 963. The summed E-state index contributed by atoms with van der Waals surface area (Å²) in [6.45, 7) is 6.28. The number of hydrogen-bond donors (Lipinski definition) is 1. The molecule has 0 saturated carbocycles. The smallest absolute Gasteiger partial charge is 0.489 e. The van der Waals surface area contributed by atoms with E-state index in [1.165, 1.54) is 7.11 Å². The first-order chi connectivity index (χ1) is 13.9. The number of rotatable bonds is 5. The maximum absolute atomic E-state index is 11.8. The number of carbonyl (C=O) groups excluding carboxylic acids is 1. The Morgan fingerprint density at radius 1 is 1.03 bits per heavy atom. The third-order valence-corrected chi connectivity index (χ3v) is 5.18. The lowest BCUT2D eigenvalue weighted by atomic mass is 9.85.